The zero-order chi connectivity index (χ0) is 14.2. The minimum atomic E-state index is -0.330. The molecule has 2 rings (SSSR count). The maximum Gasteiger partial charge on any atom is 0.337 e. The molecule has 1 saturated heterocycles. The van der Waals surface area contributed by atoms with E-state index in [0.717, 1.165) is 18.7 Å². The molecule has 0 saturated carbocycles. The van der Waals surface area contributed by atoms with Crippen LogP contribution in [0, 0.1) is 0 Å². The lowest BCUT2D eigenvalue weighted by Crippen LogP contribution is -2.31. The summed E-state index contributed by atoms with van der Waals surface area (Å²) in [5.74, 6) is 0.398. The molecule has 0 N–H and O–H groups in total. The quantitative estimate of drug-likeness (QED) is 0.592. The molecule has 1 heterocycles. The van der Waals surface area contributed by atoms with Gasteiger partial charge in [-0.15, -0.1) is 0 Å². The van der Waals surface area contributed by atoms with E-state index in [0.29, 0.717) is 12.2 Å². The van der Waals surface area contributed by atoms with Gasteiger partial charge in [0.25, 0.3) is 0 Å². The fourth-order valence-electron chi connectivity index (χ4n) is 2.49. The van der Waals surface area contributed by atoms with Crippen molar-refractivity contribution in [2.45, 2.75) is 25.7 Å². The van der Waals surface area contributed by atoms with E-state index in [1.165, 1.54) is 39.5 Å². The second-order valence-electron chi connectivity index (χ2n) is 5.12. The van der Waals surface area contributed by atoms with E-state index in [2.05, 4.69) is 4.90 Å². The Hall–Kier alpha value is -1.55. The topological polar surface area (TPSA) is 38.8 Å². The van der Waals surface area contributed by atoms with Crippen LogP contribution in [0.2, 0.25) is 0 Å². The van der Waals surface area contributed by atoms with Gasteiger partial charge in [0.2, 0.25) is 0 Å². The highest BCUT2D eigenvalue weighted by atomic mass is 16.5. The predicted octanol–water partition coefficient (Wildman–Crippen LogP) is 2.73. The number of hydrogen-bond acceptors (Lipinski definition) is 4. The van der Waals surface area contributed by atoms with Gasteiger partial charge < -0.3 is 14.4 Å². The molecule has 1 aliphatic rings. The van der Waals surface area contributed by atoms with E-state index in [-0.39, 0.29) is 5.97 Å². The van der Waals surface area contributed by atoms with E-state index in [9.17, 15) is 4.79 Å². The highest BCUT2D eigenvalue weighted by molar-refractivity contribution is 5.89. The molecule has 0 radical (unpaired) electrons. The average Bonchev–Trinajstić information content (AvgIpc) is 2.52. The molecule has 0 aliphatic carbocycles. The zero-order valence-corrected chi connectivity index (χ0v) is 12.1. The first-order valence-electron chi connectivity index (χ1n) is 7.33. The Bertz CT molecular complexity index is 427. The van der Waals surface area contributed by atoms with Crippen molar-refractivity contribution in [3.8, 4) is 5.75 Å². The molecule has 0 bridgehead atoms. The van der Waals surface area contributed by atoms with E-state index in [1.807, 2.05) is 12.1 Å². The van der Waals surface area contributed by atoms with Crippen molar-refractivity contribution in [2.24, 2.45) is 0 Å². The Balaban J connectivity index is 1.72. The molecule has 1 aromatic carbocycles. The van der Waals surface area contributed by atoms with Crippen LogP contribution in [0.15, 0.2) is 24.3 Å². The molecule has 0 aromatic heterocycles. The summed E-state index contributed by atoms with van der Waals surface area (Å²) < 4.78 is 10.4. The van der Waals surface area contributed by atoms with Gasteiger partial charge in [0.15, 0.2) is 0 Å². The first-order chi connectivity index (χ1) is 9.79. The van der Waals surface area contributed by atoms with Crippen LogP contribution >= 0.6 is 0 Å². The Kier molecular flexibility index (Phi) is 5.87. The van der Waals surface area contributed by atoms with Crippen LogP contribution in [-0.4, -0.2) is 44.2 Å². The van der Waals surface area contributed by atoms with Gasteiger partial charge in [0.05, 0.1) is 19.3 Å². The van der Waals surface area contributed by atoms with Gasteiger partial charge in [-0.1, -0.05) is 12.5 Å². The van der Waals surface area contributed by atoms with Gasteiger partial charge in [0, 0.05) is 6.54 Å². The fraction of sp³-hybridized carbons (Fsp3) is 0.562. The highest BCUT2D eigenvalue weighted by Gasteiger charge is 2.09. The van der Waals surface area contributed by atoms with Crippen molar-refractivity contribution >= 4 is 5.97 Å². The monoisotopic (exact) mass is 277 g/mol. The lowest BCUT2D eigenvalue weighted by molar-refractivity contribution is 0.0600. The molecule has 0 unspecified atom stereocenters. The third kappa shape index (κ3) is 4.53. The molecule has 110 valence electrons. The maximum atomic E-state index is 11.4. The summed E-state index contributed by atoms with van der Waals surface area (Å²) in [6.45, 7) is 4.22. The van der Waals surface area contributed by atoms with Crippen molar-refractivity contribution in [1.29, 1.82) is 0 Å². The Morgan fingerprint density at radius 1 is 1.25 bits per heavy atom. The third-order valence-electron chi connectivity index (χ3n) is 3.59. The van der Waals surface area contributed by atoms with Gasteiger partial charge in [0.1, 0.15) is 5.75 Å². The van der Waals surface area contributed by atoms with Crippen molar-refractivity contribution < 1.29 is 14.3 Å². The van der Waals surface area contributed by atoms with Crippen LogP contribution in [0.1, 0.15) is 36.0 Å². The number of rotatable bonds is 6. The largest absolute Gasteiger partial charge is 0.494 e. The number of hydrogen-bond donors (Lipinski definition) is 0. The van der Waals surface area contributed by atoms with Crippen molar-refractivity contribution in [3.05, 3.63) is 29.8 Å². The number of ether oxygens (including phenoxy) is 2. The number of esters is 1. The maximum absolute atomic E-state index is 11.4. The summed E-state index contributed by atoms with van der Waals surface area (Å²) in [6, 6.07) is 7.14. The third-order valence-corrected chi connectivity index (χ3v) is 3.59. The molecule has 0 spiro atoms. The minimum absolute atomic E-state index is 0.330. The van der Waals surface area contributed by atoms with Crippen LogP contribution in [0.5, 0.6) is 5.75 Å². The summed E-state index contributed by atoms with van der Waals surface area (Å²) in [4.78, 5) is 13.9. The molecule has 0 amide bonds. The fourth-order valence-corrected chi connectivity index (χ4v) is 2.49. The summed E-state index contributed by atoms with van der Waals surface area (Å²) in [5, 5.41) is 0. The van der Waals surface area contributed by atoms with Crippen molar-refractivity contribution in [1.82, 2.24) is 4.90 Å². The summed E-state index contributed by atoms with van der Waals surface area (Å²) in [6.07, 6.45) is 5.03. The molecule has 4 heteroatoms. The number of methoxy groups -OCH3 is 1. The van der Waals surface area contributed by atoms with Crippen molar-refractivity contribution in [2.75, 3.05) is 33.4 Å². The molecule has 4 nitrogen and oxygen atoms in total. The molecular formula is C16H23NO3. The number of carbonyl (C=O) groups excluding carboxylic acids is 1. The van der Waals surface area contributed by atoms with Gasteiger partial charge in [-0.3, -0.25) is 0 Å². The minimum Gasteiger partial charge on any atom is -0.494 e. The first kappa shape index (κ1) is 14.9. The summed E-state index contributed by atoms with van der Waals surface area (Å²) >= 11 is 0. The van der Waals surface area contributed by atoms with E-state index in [4.69, 9.17) is 9.47 Å². The van der Waals surface area contributed by atoms with Crippen LogP contribution in [0.4, 0.5) is 0 Å². The van der Waals surface area contributed by atoms with Gasteiger partial charge >= 0.3 is 5.97 Å². The predicted molar refractivity (Wildman–Crippen MR) is 78.2 cm³/mol. The number of piperidine rings is 1. The number of benzene rings is 1. The molecule has 1 aliphatic heterocycles. The molecule has 1 fully saturated rings. The van der Waals surface area contributed by atoms with Gasteiger partial charge in [-0.25, -0.2) is 4.79 Å². The number of nitrogens with zero attached hydrogens (tertiary/aromatic N) is 1. The Morgan fingerprint density at radius 2 is 2.05 bits per heavy atom. The normalized spacial score (nSPS) is 15.8. The zero-order valence-electron chi connectivity index (χ0n) is 12.1. The Morgan fingerprint density at radius 3 is 2.80 bits per heavy atom. The van der Waals surface area contributed by atoms with Crippen LogP contribution in [0.25, 0.3) is 0 Å². The molecule has 20 heavy (non-hydrogen) atoms. The second-order valence-corrected chi connectivity index (χ2v) is 5.12. The smallest absolute Gasteiger partial charge is 0.337 e. The average molecular weight is 277 g/mol. The van der Waals surface area contributed by atoms with E-state index >= 15 is 0 Å². The molecular weight excluding hydrogens is 254 g/mol. The van der Waals surface area contributed by atoms with E-state index in [1.54, 1.807) is 12.1 Å². The van der Waals surface area contributed by atoms with Crippen LogP contribution in [0.3, 0.4) is 0 Å². The van der Waals surface area contributed by atoms with Crippen LogP contribution < -0.4 is 4.74 Å². The summed E-state index contributed by atoms with van der Waals surface area (Å²) in [7, 11) is 1.38. The number of likely N-dealkylation sites (tertiary alicyclic amines) is 1. The van der Waals surface area contributed by atoms with E-state index < -0.39 is 0 Å². The van der Waals surface area contributed by atoms with Crippen molar-refractivity contribution in [3.63, 3.8) is 0 Å². The second kappa shape index (κ2) is 7.90. The summed E-state index contributed by atoms with van der Waals surface area (Å²) in [5.41, 5.74) is 0.529. The standard InChI is InChI=1S/C16H23NO3/c1-19-16(18)14-7-5-8-15(13-14)20-12-6-11-17-9-3-2-4-10-17/h5,7-8,13H,2-4,6,9-12H2,1H3. The van der Waals surface area contributed by atoms with Gasteiger partial charge in [-0.2, -0.15) is 0 Å². The first-order valence-corrected chi connectivity index (χ1v) is 7.33. The van der Waals surface area contributed by atoms with Gasteiger partial charge in [-0.05, 0) is 50.6 Å². The molecule has 1 aromatic rings. The lowest BCUT2D eigenvalue weighted by Gasteiger charge is -2.26. The number of carbonyl (C=O) groups is 1. The van der Waals surface area contributed by atoms with Crippen LogP contribution in [-0.2, 0) is 4.74 Å². The SMILES string of the molecule is COC(=O)c1cccc(OCCCN2CCCCC2)c1. The molecule has 0 atom stereocenters. The lowest BCUT2D eigenvalue weighted by atomic mass is 10.1. The Labute approximate surface area is 120 Å². The highest BCUT2D eigenvalue weighted by Crippen LogP contribution is 2.14.